The number of carbonyl (C=O) groups is 2. The quantitative estimate of drug-likeness (QED) is 0.546. The third kappa shape index (κ3) is 5.86. The molecule has 2 aromatic rings. The van der Waals surface area contributed by atoms with E-state index < -0.39 is 18.0 Å². The van der Waals surface area contributed by atoms with E-state index in [4.69, 9.17) is 10.00 Å². The van der Waals surface area contributed by atoms with E-state index in [9.17, 15) is 9.59 Å². The number of nitriles is 1. The monoisotopic (exact) mass is 365 g/mol. The van der Waals surface area contributed by atoms with Gasteiger partial charge in [0.05, 0.1) is 17.2 Å². The van der Waals surface area contributed by atoms with Crippen LogP contribution in [-0.2, 0) is 9.53 Å². The third-order valence-corrected chi connectivity index (χ3v) is 3.93. The highest BCUT2D eigenvalue weighted by molar-refractivity contribution is 5.99. The number of carbonyl (C=O) groups excluding carboxylic acids is 2. The second-order valence-electron chi connectivity index (χ2n) is 6.05. The SMILES string of the molecule is CCCCNc1ccccc1C(=O)O[C@@H](C)C(=O)Nc1ccc(C#N)cc1. The van der Waals surface area contributed by atoms with Crippen LogP contribution in [-0.4, -0.2) is 24.5 Å². The molecule has 0 bridgehead atoms. The van der Waals surface area contributed by atoms with Crippen molar-refractivity contribution < 1.29 is 14.3 Å². The van der Waals surface area contributed by atoms with Crippen LogP contribution in [0.5, 0.6) is 0 Å². The maximum atomic E-state index is 12.5. The Labute approximate surface area is 159 Å². The molecule has 2 rings (SSSR count). The number of unbranched alkanes of at least 4 members (excludes halogenated alkanes) is 1. The summed E-state index contributed by atoms with van der Waals surface area (Å²) in [4.78, 5) is 24.7. The fraction of sp³-hybridized carbons (Fsp3) is 0.286. The van der Waals surface area contributed by atoms with Gasteiger partial charge >= 0.3 is 5.97 Å². The second kappa shape index (κ2) is 9.97. The van der Waals surface area contributed by atoms with Crippen LogP contribution in [0, 0.1) is 11.3 Å². The van der Waals surface area contributed by atoms with E-state index in [1.54, 1.807) is 36.4 Å². The highest BCUT2D eigenvalue weighted by atomic mass is 16.5. The van der Waals surface area contributed by atoms with Crippen molar-refractivity contribution >= 4 is 23.3 Å². The summed E-state index contributed by atoms with van der Waals surface area (Å²) >= 11 is 0. The maximum absolute atomic E-state index is 12.5. The van der Waals surface area contributed by atoms with Crippen LogP contribution < -0.4 is 10.6 Å². The Morgan fingerprint density at radius 2 is 1.85 bits per heavy atom. The van der Waals surface area contributed by atoms with Crippen molar-refractivity contribution in [3.8, 4) is 6.07 Å². The average Bonchev–Trinajstić information content (AvgIpc) is 2.69. The number of hydrogen-bond acceptors (Lipinski definition) is 5. The molecular formula is C21H23N3O3. The lowest BCUT2D eigenvalue weighted by atomic mass is 10.1. The molecule has 1 atom stereocenters. The van der Waals surface area contributed by atoms with Gasteiger partial charge in [0.2, 0.25) is 0 Å². The maximum Gasteiger partial charge on any atom is 0.341 e. The molecule has 0 spiro atoms. The van der Waals surface area contributed by atoms with Crippen LogP contribution in [0.4, 0.5) is 11.4 Å². The number of para-hydroxylation sites is 1. The van der Waals surface area contributed by atoms with Crippen molar-refractivity contribution in [3.63, 3.8) is 0 Å². The van der Waals surface area contributed by atoms with Crippen molar-refractivity contribution in [2.75, 3.05) is 17.2 Å². The first-order valence-electron chi connectivity index (χ1n) is 8.90. The van der Waals surface area contributed by atoms with Gasteiger partial charge in [-0.2, -0.15) is 5.26 Å². The number of ether oxygens (including phenoxy) is 1. The number of nitrogens with zero attached hydrogens (tertiary/aromatic N) is 1. The van der Waals surface area contributed by atoms with E-state index in [-0.39, 0.29) is 0 Å². The Hall–Kier alpha value is -3.33. The highest BCUT2D eigenvalue weighted by Crippen LogP contribution is 2.17. The van der Waals surface area contributed by atoms with E-state index >= 15 is 0 Å². The summed E-state index contributed by atoms with van der Waals surface area (Å²) in [6, 6.07) is 15.5. The van der Waals surface area contributed by atoms with Gasteiger partial charge in [-0.1, -0.05) is 25.5 Å². The van der Waals surface area contributed by atoms with Crippen molar-refractivity contribution in [1.82, 2.24) is 0 Å². The first kappa shape index (κ1) is 20.0. The average molecular weight is 365 g/mol. The topological polar surface area (TPSA) is 91.2 Å². The number of anilines is 2. The molecule has 6 heteroatoms. The van der Waals surface area contributed by atoms with E-state index in [1.165, 1.54) is 6.92 Å². The van der Waals surface area contributed by atoms with Gasteiger partial charge in [-0.05, 0) is 49.7 Å². The third-order valence-electron chi connectivity index (χ3n) is 3.93. The molecule has 0 heterocycles. The standard InChI is InChI=1S/C21H23N3O3/c1-3-4-13-23-19-8-6-5-7-18(19)21(26)27-15(2)20(25)24-17-11-9-16(14-22)10-12-17/h5-12,15,23H,3-4,13H2,1-2H3,(H,24,25)/t15-/m0/s1. The van der Waals surface area contributed by atoms with Crippen molar-refractivity contribution in [2.45, 2.75) is 32.8 Å². The summed E-state index contributed by atoms with van der Waals surface area (Å²) in [6.07, 6.45) is 1.08. The van der Waals surface area contributed by atoms with Crippen LogP contribution in [0.15, 0.2) is 48.5 Å². The summed E-state index contributed by atoms with van der Waals surface area (Å²) in [6.45, 7) is 4.37. The molecule has 0 saturated heterocycles. The fourth-order valence-electron chi connectivity index (χ4n) is 2.36. The minimum Gasteiger partial charge on any atom is -0.449 e. The van der Waals surface area contributed by atoms with Crippen LogP contribution in [0.25, 0.3) is 0 Å². The molecule has 0 saturated carbocycles. The minimum atomic E-state index is -0.961. The largest absolute Gasteiger partial charge is 0.449 e. The summed E-state index contributed by atoms with van der Waals surface area (Å²) in [5, 5.41) is 14.7. The molecule has 2 aromatic carbocycles. The summed E-state index contributed by atoms with van der Waals surface area (Å²) < 4.78 is 5.32. The zero-order chi connectivity index (χ0) is 19.6. The first-order chi connectivity index (χ1) is 13.0. The lowest BCUT2D eigenvalue weighted by molar-refractivity contribution is -0.123. The Morgan fingerprint density at radius 3 is 2.52 bits per heavy atom. The van der Waals surface area contributed by atoms with Crippen LogP contribution in [0.2, 0.25) is 0 Å². The van der Waals surface area contributed by atoms with Gasteiger partial charge in [0, 0.05) is 17.9 Å². The van der Waals surface area contributed by atoms with Crippen LogP contribution in [0.3, 0.4) is 0 Å². The number of rotatable bonds is 8. The normalized spacial score (nSPS) is 11.1. The Morgan fingerprint density at radius 1 is 1.15 bits per heavy atom. The number of esters is 1. The van der Waals surface area contributed by atoms with E-state index in [1.807, 2.05) is 18.2 Å². The lowest BCUT2D eigenvalue weighted by Crippen LogP contribution is -2.30. The number of nitrogens with one attached hydrogen (secondary N) is 2. The number of benzene rings is 2. The van der Waals surface area contributed by atoms with Crippen LogP contribution >= 0.6 is 0 Å². The Kier molecular flexibility index (Phi) is 7.38. The second-order valence-corrected chi connectivity index (χ2v) is 6.05. The molecule has 2 N–H and O–H groups in total. The van der Waals surface area contributed by atoms with Gasteiger partial charge in [0.15, 0.2) is 6.10 Å². The minimum absolute atomic E-state index is 0.395. The van der Waals surface area contributed by atoms with Gasteiger partial charge in [-0.3, -0.25) is 4.79 Å². The number of hydrogen-bond donors (Lipinski definition) is 2. The molecular weight excluding hydrogens is 342 g/mol. The van der Waals surface area contributed by atoms with Gasteiger partial charge in [0.1, 0.15) is 0 Å². The lowest BCUT2D eigenvalue weighted by Gasteiger charge is -2.16. The van der Waals surface area contributed by atoms with Crippen LogP contribution in [0.1, 0.15) is 42.6 Å². The number of amides is 1. The Balaban J connectivity index is 1.98. The molecule has 140 valence electrons. The van der Waals surface area contributed by atoms with Gasteiger partial charge < -0.3 is 15.4 Å². The van der Waals surface area contributed by atoms with Crippen molar-refractivity contribution in [1.29, 1.82) is 5.26 Å². The van der Waals surface area contributed by atoms with Gasteiger partial charge in [0.25, 0.3) is 5.91 Å². The zero-order valence-corrected chi connectivity index (χ0v) is 15.5. The van der Waals surface area contributed by atoms with Gasteiger partial charge in [-0.15, -0.1) is 0 Å². The summed E-state index contributed by atoms with van der Waals surface area (Å²) in [5.41, 5.74) is 2.12. The Bertz CT molecular complexity index is 825. The smallest absolute Gasteiger partial charge is 0.341 e. The predicted octanol–water partition coefficient (Wildman–Crippen LogP) is 3.95. The summed E-state index contributed by atoms with van der Waals surface area (Å²) in [5.74, 6) is -0.999. The van der Waals surface area contributed by atoms with Crippen molar-refractivity contribution in [3.05, 3.63) is 59.7 Å². The summed E-state index contributed by atoms with van der Waals surface area (Å²) in [7, 11) is 0. The molecule has 0 fully saturated rings. The molecule has 0 aliphatic carbocycles. The molecule has 27 heavy (non-hydrogen) atoms. The van der Waals surface area contributed by atoms with E-state index in [0.29, 0.717) is 22.5 Å². The molecule has 6 nitrogen and oxygen atoms in total. The molecule has 0 radical (unpaired) electrons. The zero-order valence-electron chi connectivity index (χ0n) is 15.5. The fourth-order valence-corrected chi connectivity index (χ4v) is 2.36. The highest BCUT2D eigenvalue weighted by Gasteiger charge is 2.20. The molecule has 0 aliphatic rings. The van der Waals surface area contributed by atoms with Crippen molar-refractivity contribution in [2.24, 2.45) is 0 Å². The van der Waals surface area contributed by atoms with E-state index in [0.717, 1.165) is 19.4 Å². The predicted molar refractivity (Wildman–Crippen MR) is 105 cm³/mol. The van der Waals surface area contributed by atoms with E-state index in [2.05, 4.69) is 17.6 Å². The first-order valence-corrected chi connectivity index (χ1v) is 8.90. The molecule has 0 aromatic heterocycles. The molecule has 1 amide bonds. The molecule has 0 unspecified atom stereocenters. The molecule has 0 aliphatic heterocycles. The van der Waals surface area contributed by atoms with Gasteiger partial charge in [-0.25, -0.2) is 4.79 Å².